The highest BCUT2D eigenvalue weighted by atomic mass is 16.2. The van der Waals surface area contributed by atoms with Crippen molar-refractivity contribution in [2.24, 2.45) is 7.05 Å². The van der Waals surface area contributed by atoms with Gasteiger partial charge in [-0.3, -0.25) is 14.4 Å². The summed E-state index contributed by atoms with van der Waals surface area (Å²) >= 11 is 0. The van der Waals surface area contributed by atoms with Gasteiger partial charge in [-0.25, -0.2) is 0 Å². The summed E-state index contributed by atoms with van der Waals surface area (Å²) in [5.41, 5.74) is 2.74. The number of aromatic nitrogens is 2. The Morgan fingerprint density at radius 3 is 2.30 bits per heavy atom. The molecule has 5 nitrogen and oxygen atoms in total. The van der Waals surface area contributed by atoms with E-state index in [4.69, 9.17) is 0 Å². The summed E-state index contributed by atoms with van der Waals surface area (Å²) in [6.07, 6.45) is 4.96. The lowest BCUT2D eigenvalue weighted by Crippen LogP contribution is -2.42. The fourth-order valence-corrected chi connectivity index (χ4v) is 2.83. The van der Waals surface area contributed by atoms with Crippen LogP contribution in [0.3, 0.4) is 0 Å². The third kappa shape index (κ3) is 3.20. The van der Waals surface area contributed by atoms with Crippen molar-refractivity contribution >= 4 is 11.6 Å². The number of anilines is 1. The van der Waals surface area contributed by atoms with Crippen molar-refractivity contribution in [3.8, 4) is 0 Å². The number of hydrogen-bond acceptors (Lipinski definition) is 3. The molecule has 1 unspecified atom stereocenters. The minimum absolute atomic E-state index is 0.0751. The Hall–Kier alpha value is -1.36. The Morgan fingerprint density at radius 1 is 1.20 bits per heavy atom. The van der Waals surface area contributed by atoms with E-state index in [9.17, 15) is 4.79 Å². The first-order valence-corrected chi connectivity index (χ1v) is 7.56. The maximum Gasteiger partial charge on any atom is 0.241 e. The molecule has 1 saturated heterocycles. The minimum Gasteiger partial charge on any atom is -0.322 e. The Balaban J connectivity index is 2.03. The van der Waals surface area contributed by atoms with Gasteiger partial charge in [-0.2, -0.15) is 5.10 Å². The fourth-order valence-electron chi connectivity index (χ4n) is 2.83. The average Bonchev–Trinajstić information content (AvgIpc) is 2.67. The second kappa shape index (κ2) is 6.39. The Bertz CT molecular complexity index is 472. The summed E-state index contributed by atoms with van der Waals surface area (Å²) in [6, 6.07) is -0.0768. The molecule has 0 saturated carbocycles. The second-order valence-electron chi connectivity index (χ2n) is 5.78. The molecule has 1 aliphatic heterocycles. The summed E-state index contributed by atoms with van der Waals surface area (Å²) in [6.45, 7) is 7.96. The first kappa shape index (κ1) is 15.0. The zero-order valence-corrected chi connectivity index (χ0v) is 13.1. The highest BCUT2D eigenvalue weighted by Gasteiger charge is 2.23. The lowest BCUT2D eigenvalue weighted by Gasteiger charge is -2.26. The van der Waals surface area contributed by atoms with E-state index in [1.807, 2.05) is 32.5 Å². The molecule has 0 aliphatic carbocycles. The summed E-state index contributed by atoms with van der Waals surface area (Å²) in [5, 5.41) is 7.39. The zero-order chi connectivity index (χ0) is 14.7. The van der Waals surface area contributed by atoms with Gasteiger partial charge in [0.25, 0.3) is 0 Å². The van der Waals surface area contributed by atoms with E-state index in [1.165, 1.54) is 25.7 Å². The first-order valence-electron chi connectivity index (χ1n) is 7.56. The first-order chi connectivity index (χ1) is 9.50. The van der Waals surface area contributed by atoms with Gasteiger partial charge in [0.2, 0.25) is 5.91 Å². The van der Waals surface area contributed by atoms with Gasteiger partial charge in [0.05, 0.1) is 23.1 Å². The molecular weight excluding hydrogens is 252 g/mol. The normalized spacial score (nSPS) is 18.6. The largest absolute Gasteiger partial charge is 0.322 e. The van der Waals surface area contributed by atoms with Crippen molar-refractivity contribution in [1.29, 1.82) is 0 Å². The highest BCUT2D eigenvalue weighted by Crippen LogP contribution is 2.20. The lowest BCUT2D eigenvalue weighted by molar-refractivity contribution is -0.120. The quantitative estimate of drug-likeness (QED) is 0.922. The second-order valence-corrected chi connectivity index (χ2v) is 5.78. The maximum atomic E-state index is 12.4. The molecule has 1 fully saturated rings. The van der Waals surface area contributed by atoms with Gasteiger partial charge in [0.1, 0.15) is 0 Å². The monoisotopic (exact) mass is 278 g/mol. The van der Waals surface area contributed by atoms with Crippen LogP contribution < -0.4 is 5.32 Å². The number of likely N-dealkylation sites (tertiary alicyclic amines) is 1. The number of nitrogens with one attached hydrogen (secondary N) is 1. The van der Waals surface area contributed by atoms with Crippen molar-refractivity contribution in [3.05, 3.63) is 11.4 Å². The summed E-state index contributed by atoms with van der Waals surface area (Å²) < 4.78 is 1.81. The molecule has 2 heterocycles. The van der Waals surface area contributed by atoms with E-state index in [1.54, 1.807) is 0 Å². The molecule has 1 amide bonds. The van der Waals surface area contributed by atoms with Crippen LogP contribution in [-0.4, -0.2) is 39.7 Å². The van der Waals surface area contributed by atoms with Crippen LogP contribution in [0.1, 0.15) is 44.0 Å². The maximum absolute atomic E-state index is 12.4. The van der Waals surface area contributed by atoms with E-state index in [0.29, 0.717) is 0 Å². The molecule has 20 heavy (non-hydrogen) atoms. The van der Waals surface area contributed by atoms with Gasteiger partial charge in [-0.05, 0) is 46.7 Å². The molecule has 1 aromatic rings. The standard InChI is InChI=1S/C15H26N4O/c1-11-14(12(2)18(4)17-11)16-15(20)13(3)19-9-7-5-6-8-10-19/h13H,5-10H2,1-4H3,(H,16,20). The van der Waals surface area contributed by atoms with E-state index in [2.05, 4.69) is 15.3 Å². The van der Waals surface area contributed by atoms with E-state index < -0.39 is 0 Å². The Labute approximate surface area is 121 Å². The lowest BCUT2D eigenvalue weighted by atomic mass is 10.2. The van der Waals surface area contributed by atoms with Crippen molar-refractivity contribution in [2.45, 2.75) is 52.5 Å². The Kier molecular flexibility index (Phi) is 4.81. The molecule has 0 spiro atoms. The average molecular weight is 278 g/mol. The van der Waals surface area contributed by atoms with Gasteiger partial charge < -0.3 is 5.32 Å². The number of hydrogen-bond donors (Lipinski definition) is 1. The number of aryl methyl sites for hydroxylation is 2. The molecule has 0 radical (unpaired) electrons. The van der Waals surface area contributed by atoms with Crippen LogP contribution >= 0.6 is 0 Å². The van der Waals surface area contributed by atoms with E-state index >= 15 is 0 Å². The van der Waals surface area contributed by atoms with Crippen LogP contribution in [0.5, 0.6) is 0 Å². The van der Waals surface area contributed by atoms with Crippen LogP contribution in [-0.2, 0) is 11.8 Å². The molecule has 1 atom stereocenters. The number of carbonyl (C=O) groups is 1. The Morgan fingerprint density at radius 2 is 1.80 bits per heavy atom. The molecule has 1 N–H and O–H groups in total. The summed E-state index contributed by atoms with van der Waals surface area (Å²) in [4.78, 5) is 14.7. The highest BCUT2D eigenvalue weighted by molar-refractivity contribution is 5.95. The van der Waals surface area contributed by atoms with Crippen LogP contribution in [0.4, 0.5) is 5.69 Å². The molecular formula is C15H26N4O. The van der Waals surface area contributed by atoms with Crippen LogP contribution in [0, 0.1) is 13.8 Å². The minimum atomic E-state index is -0.0768. The van der Waals surface area contributed by atoms with E-state index in [-0.39, 0.29) is 11.9 Å². The van der Waals surface area contributed by atoms with Crippen LogP contribution in [0.25, 0.3) is 0 Å². The molecule has 1 aliphatic rings. The predicted octanol–water partition coefficient (Wildman–Crippen LogP) is 2.24. The molecule has 0 bridgehead atoms. The fraction of sp³-hybridized carbons (Fsp3) is 0.733. The number of rotatable bonds is 3. The van der Waals surface area contributed by atoms with Gasteiger partial charge in [0.15, 0.2) is 0 Å². The number of carbonyl (C=O) groups excluding carboxylic acids is 1. The third-order valence-electron chi connectivity index (χ3n) is 4.33. The smallest absolute Gasteiger partial charge is 0.241 e. The van der Waals surface area contributed by atoms with Gasteiger partial charge in [0, 0.05) is 7.05 Å². The van der Waals surface area contributed by atoms with Crippen molar-refractivity contribution in [3.63, 3.8) is 0 Å². The van der Waals surface area contributed by atoms with Crippen molar-refractivity contribution in [1.82, 2.24) is 14.7 Å². The predicted molar refractivity (Wildman–Crippen MR) is 80.8 cm³/mol. The molecule has 112 valence electrons. The molecule has 0 aromatic carbocycles. The van der Waals surface area contributed by atoms with Gasteiger partial charge in [-0.1, -0.05) is 12.8 Å². The summed E-state index contributed by atoms with van der Waals surface area (Å²) in [5.74, 6) is 0.0751. The third-order valence-corrected chi connectivity index (χ3v) is 4.33. The number of nitrogens with zero attached hydrogens (tertiary/aromatic N) is 3. The molecule has 2 rings (SSSR count). The van der Waals surface area contributed by atoms with Gasteiger partial charge in [-0.15, -0.1) is 0 Å². The van der Waals surface area contributed by atoms with Crippen LogP contribution in [0.15, 0.2) is 0 Å². The zero-order valence-electron chi connectivity index (χ0n) is 13.1. The van der Waals surface area contributed by atoms with Crippen molar-refractivity contribution < 1.29 is 4.79 Å². The topological polar surface area (TPSA) is 50.2 Å². The van der Waals surface area contributed by atoms with Gasteiger partial charge >= 0.3 is 0 Å². The molecule has 1 aromatic heterocycles. The van der Waals surface area contributed by atoms with E-state index in [0.717, 1.165) is 30.2 Å². The number of amides is 1. The van der Waals surface area contributed by atoms with Crippen molar-refractivity contribution in [2.75, 3.05) is 18.4 Å². The van der Waals surface area contributed by atoms with Crippen LogP contribution in [0.2, 0.25) is 0 Å². The molecule has 5 heteroatoms. The summed E-state index contributed by atoms with van der Waals surface area (Å²) in [7, 11) is 1.90. The SMILES string of the molecule is Cc1nn(C)c(C)c1NC(=O)C(C)N1CCCCCC1.